The third-order valence-corrected chi connectivity index (χ3v) is 3.29. The van der Waals surface area contributed by atoms with Gasteiger partial charge in [-0.1, -0.05) is 0 Å². The summed E-state index contributed by atoms with van der Waals surface area (Å²) in [5.74, 6) is 0.973. The molecule has 0 spiro atoms. The van der Waals surface area contributed by atoms with Gasteiger partial charge >= 0.3 is 0 Å². The fourth-order valence-corrected chi connectivity index (χ4v) is 2.19. The van der Waals surface area contributed by atoms with E-state index in [0.29, 0.717) is 17.3 Å². The third-order valence-electron chi connectivity index (χ3n) is 3.29. The molecule has 7 heteroatoms. The molecule has 0 bridgehead atoms. The lowest BCUT2D eigenvalue weighted by Crippen LogP contribution is -2.16. The van der Waals surface area contributed by atoms with E-state index in [-0.39, 0.29) is 0 Å². The number of hydrogen-bond donors (Lipinski definition) is 2. The van der Waals surface area contributed by atoms with E-state index in [1.54, 1.807) is 12.5 Å². The first-order valence-electron chi connectivity index (χ1n) is 6.37. The Balaban J connectivity index is 2.17. The van der Waals surface area contributed by atoms with Crippen molar-refractivity contribution in [1.29, 1.82) is 0 Å². The third kappa shape index (κ3) is 2.01. The number of pyridine rings is 1. The predicted octanol–water partition coefficient (Wildman–Crippen LogP) is 0.546. The highest BCUT2D eigenvalue weighted by Gasteiger charge is 2.11. The maximum Gasteiger partial charge on any atom is 0.166 e. The predicted molar refractivity (Wildman–Crippen MR) is 79.4 cm³/mol. The quantitative estimate of drug-likeness (QED) is 0.721. The number of aromatic nitrogens is 4. The molecule has 7 nitrogen and oxygen atoms in total. The first-order chi connectivity index (χ1) is 9.56. The van der Waals surface area contributed by atoms with Gasteiger partial charge in [-0.15, -0.1) is 0 Å². The highest BCUT2D eigenvalue weighted by Crippen LogP contribution is 2.21. The summed E-state index contributed by atoms with van der Waals surface area (Å²) < 4.78 is 1.81. The molecule has 0 amide bonds. The second-order valence-electron chi connectivity index (χ2n) is 5.07. The Hall–Kier alpha value is -2.41. The van der Waals surface area contributed by atoms with Gasteiger partial charge in [0, 0.05) is 6.54 Å². The normalized spacial score (nSPS) is 11.8. The van der Waals surface area contributed by atoms with Crippen LogP contribution >= 0.6 is 0 Å². The van der Waals surface area contributed by atoms with Crippen molar-refractivity contribution in [3.8, 4) is 0 Å². The van der Waals surface area contributed by atoms with Crippen molar-refractivity contribution in [2.24, 2.45) is 0 Å². The molecule has 3 aromatic heterocycles. The van der Waals surface area contributed by atoms with Crippen LogP contribution in [0.25, 0.3) is 16.7 Å². The minimum atomic E-state index is 0.445. The molecule has 0 saturated carbocycles. The molecule has 0 radical (unpaired) electrons. The van der Waals surface area contributed by atoms with E-state index in [1.807, 2.05) is 24.6 Å². The molecular formula is C13H17N7. The number of nitrogens with zero attached hydrogens (tertiary/aromatic N) is 5. The van der Waals surface area contributed by atoms with Gasteiger partial charge in [0.2, 0.25) is 0 Å². The van der Waals surface area contributed by atoms with Crippen LogP contribution < -0.4 is 11.5 Å². The lowest BCUT2D eigenvalue weighted by atomic mass is 10.1. The van der Waals surface area contributed by atoms with Gasteiger partial charge in [0.05, 0.1) is 6.20 Å². The average molecular weight is 271 g/mol. The number of nitrogens with two attached hydrogens (primary N) is 2. The molecule has 3 aromatic rings. The SMILES string of the molecule is CN(C)CCc1cc2nc(N)c3cncn3c2nc1N. The lowest BCUT2D eigenvalue weighted by Gasteiger charge is -2.12. The number of nitrogen functional groups attached to an aromatic ring is 2. The molecule has 104 valence electrons. The summed E-state index contributed by atoms with van der Waals surface area (Å²) in [5, 5.41) is 0. The Morgan fingerprint density at radius 3 is 2.75 bits per heavy atom. The number of anilines is 2. The van der Waals surface area contributed by atoms with Gasteiger partial charge in [-0.05, 0) is 32.1 Å². The summed E-state index contributed by atoms with van der Waals surface area (Å²) in [6.07, 6.45) is 4.16. The fourth-order valence-electron chi connectivity index (χ4n) is 2.19. The van der Waals surface area contributed by atoms with Gasteiger partial charge in [-0.25, -0.2) is 15.0 Å². The maximum absolute atomic E-state index is 6.05. The second kappa shape index (κ2) is 4.61. The maximum atomic E-state index is 6.05. The molecule has 20 heavy (non-hydrogen) atoms. The molecule has 0 aliphatic rings. The first kappa shape index (κ1) is 12.6. The van der Waals surface area contributed by atoms with E-state index in [9.17, 15) is 0 Å². The standard InChI is InChI=1S/C13H17N7/c1-19(2)4-3-8-5-9-13(18-11(8)14)20-7-16-6-10(20)12(15)17-9/h5-7H,3-4H2,1-2H3,(H2,14,18)(H2,15,17). The Kier molecular flexibility index (Phi) is 2.90. The summed E-state index contributed by atoms with van der Waals surface area (Å²) in [6, 6.07) is 1.96. The van der Waals surface area contributed by atoms with E-state index < -0.39 is 0 Å². The number of hydrogen-bond acceptors (Lipinski definition) is 6. The molecule has 0 fully saturated rings. The minimum absolute atomic E-state index is 0.445. The van der Waals surface area contributed by atoms with Crippen molar-refractivity contribution in [2.75, 3.05) is 32.1 Å². The van der Waals surface area contributed by atoms with E-state index in [4.69, 9.17) is 11.5 Å². The number of fused-ring (bicyclic) bond motifs is 3. The Morgan fingerprint density at radius 1 is 1.20 bits per heavy atom. The summed E-state index contributed by atoms with van der Waals surface area (Å²) in [5.41, 5.74) is 15.1. The van der Waals surface area contributed by atoms with Gasteiger partial charge < -0.3 is 16.4 Å². The van der Waals surface area contributed by atoms with Crippen LogP contribution in [0.2, 0.25) is 0 Å². The van der Waals surface area contributed by atoms with Crippen LogP contribution in [0, 0.1) is 0 Å². The van der Waals surface area contributed by atoms with Crippen LogP contribution in [0.3, 0.4) is 0 Å². The molecule has 3 heterocycles. The zero-order chi connectivity index (χ0) is 14.3. The van der Waals surface area contributed by atoms with Crippen LogP contribution in [-0.2, 0) is 6.42 Å². The minimum Gasteiger partial charge on any atom is -0.383 e. The van der Waals surface area contributed by atoms with Crippen LogP contribution in [0.5, 0.6) is 0 Å². The molecule has 0 aromatic carbocycles. The topological polar surface area (TPSA) is 98.4 Å². The largest absolute Gasteiger partial charge is 0.383 e. The Labute approximate surface area is 116 Å². The van der Waals surface area contributed by atoms with Crippen molar-refractivity contribution < 1.29 is 0 Å². The Bertz CT molecular complexity index is 775. The van der Waals surface area contributed by atoms with E-state index in [2.05, 4.69) is 19.9 Å². The van der Waals surface area contributed by atoms with Gasteiger partial charge in [0.25, 0.3) is 0 Å². The van der Waals surface area contributed by atoms with Gasteiger partial charge in [0.1, 0.15) is 29.0 Å². The first-order valence-corrected chi connectivity index (χ1v) is 6.37. The van der Waals surface area contributed by atoms with Gasteiger partial charge in [-0.2, -0.15) is 0 Å². The van der Waals surface area contributed by atoms with E-state index in [1.165, 1.54) is 0 Å². The average Bonchev–Trinajstić information content (AvgIpc) is 2.87. The van der Waals surface area contributed by atoms with Crippen molar-refractivity contribution in [3.63, 3.8) is 0 Å². The van der Waals surface area contributed by atoms with E-state index >= 15 is 0 Å². The van der Waals surface area contributed by atoms with Crippen LogP contribution in [-0.4, -0.2) is 44.9 Å². The van der Waals surface area contributed by atoms with Crippen LogP contribution in [0.1, 0.15) is 5.56 Å². The monoisotopic (exact) mass is 271 g/mol. The number of rotatable bonds is 3. The summed E-state index contributed by atoms with van der Waals surface area (Å²) in [4.78, 5) is 15.0. The summed E-state index contributed by atoms with van der Waals surface area (Å²) in [6.45, 7) is 0.903. The summed E-state index contributed by atoms with van der Waals surface area (Å²) >= 11 is 0. The molecule has 3 rings (SSSR count). The Morgan fingerprint density at radius 2 is 2.00 bits per heavy atom. The molecule has 0 unspecified atom stereocenters. The molecule has 0 aliphatic heterocycles. The van der Waals surface area contributed by atoms with Crippen molar-refractivity contribution in [2.45, 2.75) is 6.42 Å². The molecule has 4 N–H and O–H groups in total. The summed E-state index contributed by atoms with van der Waals surface area (Å²) in [7, 11) is 4.05. The van der Waals surface area contributed by atoms with Crippen molar-refractivity contribution >= 4 is 28.3 Å². The fraction of sp³-hybridized carbons (Fsp3) is 0.308. The number of imidazole rings is 1. The van der Waals surface area contributed by atoms with Crippen LogP contribution in [0.15, 0.2) is 18.6 Å². The van der Waals surface area contributed by atoms with Gasteiger partial charge in [0.15, 0.2) is 5.65 Å². The molecule has 0 aliphatic carbocycles. The zero-order valence-electron chi connectivity index (χ0n) is 11.5. The lowest BCUT2D eigenvalue weighted by molar-refractivity contribution is 0.414. The molecule has 0 atom stereocenters. The number of likely N-dealkylation sites (N-methyl/N-ethyl adjacent to an activating group) is 1. The molecular weight excluding hydrogens is 254 g/mol. The highest BCUT2D eigenvalue weighted by atomic mass is 15.1. The highest BCUT2D eigenvalue weighted by molar-refractivity contribution is 5.82. The van der Waals surface area contributed by atoms with E-state index in [0.717, 1.165) is 29.6 Å². The molecule has 0 saturated heterocycles. The smallest absolute Gasteiger partial charge is 0.166 e. The van der Waals surface area contributed by atoms with Gasteiger partial charge in [-0.3, -0.25) is 4.40 Å². The van der Waals surface area contributed by atoms with Crippen molar-refractivity contribution in [1.82, 2.24) is 24.3 Å². The second-order valence-corrected chi connectivity index (χ2v) is 5.07. The van der Waals surface area contributed by atoms with Crippen LogP contribution in [0.4, 0.5) is 11.6 Å². The zero-order valence-corrected chi connectivity index (χ0v) is 11.5. The van der Waals surface area contributed by atoms with Crippen molar-refractivity contribution in [3.05, 3.63) is 24.2 Å².